The third-order valence-electron chi connectivity index (χ3n) is 7.10. The Balaban J connectivity index is 1.45. The van der Waals surface area contributed by atoms with Gasteiger partial charge in [-0.1, -0.05) is 95.2 Å². The van der Waals surface area contributed by atoms with Gasteiger partial charge >= 0.3 is 5.97 Å². The third-order valence-corrected chi connectivity index (χ3v) is 7.10. The second kappa shape index (κ2) is 13.5. The Hall–Kier alpha value is -2.09. The summed E-state index contributed by atoms with van der Waals surface area (Å²) in [5.74, 6) is 2.18. The van der Waals surface area contributed by atoms with Crippen molar-refractivity contribution >= 4 is 5.97 Å². The van der Waals surface area contributed by atoms with Gasteiger partial charge in [0.15, 0.2) is 0 Å². The molecule has 3 rings (SSSR count). The molecule has 2 heteroatoms. The van der Waals surface area contributed by atoms with Crippen LogP contribution in [0.15, 0.2) is 48.5 Å². The molecule has 2 aromatic carbocycles. The van der Waals surface area contributed by atoms with E-state index >= 15 is 0 Å². The molecule has 0 heterocycles. The number of hydrogen-bond donors (Lipinski definition) is 0. The molecule has 2 aromatic rings. The van der Waals surface area contributed by atoms with E-state index in [0.717, 1.165) is 30.2 Å². The molecule has 0 spiro atoms. The SMILES string of the molecule is CCCCCCCC1CCC(c2ccc(-c3ccc(OC(=O)CCCC)cc3)cc2)CC1. The minimum atomic E-state index is -0.143. The second-order valence-corrected chi connectivity index (χ2v) is 9.64. The highest BCUT2D eigenvalue weighted by atomic mass is 16.5. The van der Waals surface area contributed by atoms with E-state index in [1.54, 1.807) is 0 Å². The monoisotopic (exact) mass is 434 g/mol. The number of carbonyl (C=O) groups is 1. The molecule has 32 heavy (non-hydrogen) atoms. The van der Waals surface area contributed by atoms with E-state index in [-0.39, 0.29) is 5.97 Å². The molecule has 2 nitrogen and oxygen atoms in total. The van der Waals surface area contributed by atoms with Crippen molar-refractivity contribution in [2.75, 3.05) is 0 Å². The van der Waals surface area contributed by atoms with Gasteiger partial charge in [0.1, 0.15) is 5.75 Å². The summed E-state index contributed by atoms with van der Waals surface area (Å²) in [5.41, 5.74) is 3.88. The fraction of sp³-hybridized carbons (Fsp3) is 0.567. The molecule has 0 unspecified atom stereocenters. The molecular weight excluding hydrogens is 392 g/mol. The van der Waals surface area contributed by atoms with Gasteiger partial charge in [0.05, 0.1) is 0 Å². The molecule has 1 aliphatic carbocycles. The summed E-state index contributed by atoms with van der Waals surface area (Å²) >= 11 is 0. The molecule has 0 N–H and O–H groups in total. The molecule has 1 fully saturated rings. The molecule has 1 aliphatic rings. The van der Waals surface area contributed by atoms with Crippen molar-refractivity contribution in [3.05, 3.63) is 54.1 Å². The minimum absolute atomic E-state index is 0.143. The molecule has 0 bridgehead atoms. The van der Waals surface area contributed by atoms with Crippen molar-refractivity contribution in [3.8, 4) is 16.9 Å². The van der Waals surface area contributed by atoms with Crippen LogP contribution in [0, 0.1) is 5.92 Å². The van der Waals surface area contributed by atoms with Gasteiger partial charge in [-0.2, -0.15) is 0 Å². The Labute approximate surface area is 195 Å². The van der Waals surface area contributed by atoms with Crippen LogP contribution in [-0.2, 0) is 4.79 Å². The molecule has 0 amide bonds. The van der Waals surface area contributed by atoms with Gasteiger partial charge < -0.3 is 4.74 Å². The maximum atomic E-state index is 11.8. The largest absolute Gasteiger partial charge is 0.427 e. The van der Waals surface area contributed by atoms with E-state index in [4.69, 9.17) is 4.74 Å². The molecule has 0 radical (unpaired) electrons. The summed E-state index contributed by atoms with van der Waals surface area (Å²) in [6.45, 7) is 4.37. The zero-order chi connectivity index (χ0) is 22.6. The van der Waals surface area contributed by atoms with Gasteiger partial charge in [-0.05, 0) is 72.8 Å². The quantitative estimate of drug-likeness (QED) is 0.189. The average Bonchev–Trinajstić information content (AvgIpc) is 2.84. The Morgan fingerprint density at radius 2 is 1.34 bits per heavy atom. The van der Waals surface area contributed by atoms with E-state index in [1.807, 2.05) is 24.3 Å². The normalized spacial score (nSPS) is 18.4. The van der Waals surface area contributed by atoms with Crippen molar-refractivity contribution in [1.29, 1.82) is 0 Å². The molecule has 0 aliphatic heterocycles. The van der Waals surface area contributed by atoms with Crippen molar-refractivity contribution in [3.63, 3.8) is 0 Å². The van der Waals surface area contributed by atoms with Gasteiger partial charge in [-0.15, -0.1) is 0 Å². The Morgan fingerprint density at radius 3 is 1.97 bits per heavy atom. The summed E-state index contributed by atoms with van der Waals surface area (Å²) in [6, 6.07) is 17.0. The van der Waals surface area contributed by atoms with E-state index in [1.165, 1.54) is 75.3 Å². The topological polar surface area (TPSA) is 26.3 Å². The van der Waals surface area contributed by atoms with E-state index < -0.39 is 0 Å². The van der Waals surface area contributed by atoms with Crippen LogP contribution in [0.2, 0.25) is 0 Å². The van der Waals surface area contributed by atoms with Crippen LogP contribution in [0.3, 0.4) is 0 Å². The lowest BCUT2D eigenvalue weighted by atomic mass is 9.77. The highest BCUT2D eigenvalue weighted by molar-refractivity contribution is 5.73. The zero-order valence-corrected chi connectivity index (χ0v) is 20.3. The number of benzene rings is 2. The summed E-state index contributed by atoms with van der Waals surface area (Å²) in [6.07, 6.45) is 16.3. The van der Waals surface area contributed by atoms with Crippen LogP contribution in [0.1, 0.15) is 109 Å². The average molecular weight is 435 g/mol. The first-order chi connectivity index (χ1) is 15.7. The molecule has 1 saturated carbocycles. The standard InChI is InChI=1S/C30H42O2/c1-3-5-7-8-9-10-24-12-14-25(15-13-24)26-16-18-27(19-17-26)28-20-22-29(23-21-28)32-30(31)11-6-4-2/h16-25H,3-15H2,1-2H3. The van der Waals surface area contributed by atoms with Crippen LogP contribution in [0.5, 0.6) is 5.75 Å². The lowest BCUT2D eigenvalue weighted by Crippen LogP contribution is -2.13. The first-order valence-electron chi connectivity index (χ1n) is 13.1. The zero-order valence-electron chi connectivity index (χ0n) is 20.3. The van der Waals surface area contributed by atoms with E-state index in [0.29, 0.717) is 12.2 Å². The summed E-state index contributed by atoms with van der Waals surface area (Å²) < 4.78 is 5.42. The molecule has 0 aromatic heterocycles. The molecular formula is C30H42O2. The fourth-order valence-electron chi connectivity index (χ4n) is 4.99. The highest BCUT2D eigenvalue weighted by Crippen LogP contribution is 2.38. The maximum Gasteiger partial charge on any atom is 0.311 e. The molecule has 0 atom stereocenters. The summed E-state index contributed by atoms with van der Waals surface area (Å²) in [7, 11) is 0. The van der Waals surface area contributed by atoms with Crippen LogP contribution in [0.4, 0.5) is 0 Å². The number of rotatable bonds is 12. The lowest BCUT2D eigenvalue weighted by Gasteiger charge is -2.29. The number of esters is 1. The Kier molecular flexibility index (Phi) is 10.3. The van der Waals surface area contributed by atoms with E-state index in [9.17, 15) is 4.79 Å². The maximum absolute atomic E-state index is 11.8. The van der Waals surface area contributed by atoms with Crippen LogP contribution >= 0.6 is 0 Å². The van der Waals surface area contributed by atoms with Gasteiger partial charge in [-0.3, -0.25) is 4.79 Å². The molecule has 0 saturated heterocycles. The van der Waals surface area contributed by atoms with Gasteiger partial charge in [-0.25, -0.2) is 0 Å². The number of unbranched alkanes of at least 4 members (excludes halogenated alkanes) is 5. The minimum Gasteiger partial charge on any atom is -0.427 e. The lowest BCUT2D eigenvalue weighted by molar-refractivity contribution is -0.134. The summed E-state index contributed by atoms with van der Waals surface area (Å²) in [4.78, 5) is 11.8. The number of hydrogen-bond acceptors (Lipinski definition) is 2. The Bertz CT molecular complexity index is 783. The van der Waals surface area contributed by atoms with Gasteiger partial charge in [0.25, 0.3) is 0 Å². The van der Waals surface area contributed by atoms with Crippen molar-refractivity contribution in [2.45, 2.75) is 103 Å². The van der Waals surface area contributed by atoms with Gasteiger partial charge in [0.2, 0.25) is 0 Å². The smallest absolute Gasteiger partial charge is 0.311 e. The van der Waals surface area contributed by atoms with Crippen molar-refractivity contribution in [2.24, 2.45) is 5.92 Å². The van der Waals surface area contributed by atoms with Crippen LogP contribution in [0.25, 0.3) is 11.1 Å². The van der Waals surface area contributed by atoms with E-state index in [2.05, 4.69) is 38.1 Å². The van der Waals surface area contributed by atoms with Crippen LogP contribution < -0.4 is 4.74 Å². The second-order valence-electron chi connectivity index (χ2n) is 9.64. The Morgan fingerprint density at radius 1 is 0.750 bits per heavy atom. The summed E-state index contributed by atoms with van der Waals surface area (Å²) in [5, 5.41) is 0. The van der Waals surface area contributed by atoms with Crippen molar-refractivity contribution in [1.82, 2.24) is 0 Å². The first kappa shape index (κ1) is 24.6. The predicted molar refractivity (Wildman–Crippen MR) is 135 cm³/mol. The third kappa shape index (κ3) is 7.80. The van der Waals surface area contributed by atoms with Gasteiger partial charge in [0, 0.05) is 6.42 Å². The van der Waals surface area contributed by atoms with Crippen molar-refractivity contribution < 1.29 is 9.53 Å². The number of carbonyl (C=O) groups excluding carboxylic acids is 1. The molecule has 174 valence electrons. The van der Waals surface area contributed by atoms with Crippen LogP contribution in [-0.4, -0.2) is 5.97 Å². The number of ether oxygens (including phenoxy) is 1. The highest BCUT2D eigenvalue weighted by Gasteiger charge is 2.22. The predicted octanol–water partition coefficient (Wildman–Crippen LogP) is 9.08. The fourth-order valence-corrected chi connectivity index (χ4v) is 4.99. The first-order valence-corrected chi connectivity index (χ1v) is 13.1.